The molecule has 0 spiro atoms. The Morgan fingerprint density at radius 2 is 1.92 bits per heavy atom. The second kappa shape index (κ2) is 11.4. The van der Waals surface area contributed by atoms with Crippen LogP contribution in [0.1, 0.15) is 12.5 Å². The van der Waals surface area contributed by atoms with Gasteiger partial charge in [-0.3, -0.25) is 4.79 Å². The highest BCUT2D eigenvalue weighted by Gasteiger charge is 2.18. The SMILES string of the molecule is C=CC(=O)Nc1cc(N2CCN(CC)CC2)ccc1Nc1ncc(C#N)c(Nc2ccc(O)cc2F)n1. The number of anilines is 6. The van der Waals surface area contributed by atoms with Crippen molar-refractivity contribution in [3.8, 4) is 11.8 Å². The zero-order valence-electron chi connectivity index (χ0n) is 20.3. The van der Waals surface area contributed by atoms with E-state index in [-0.39, 0.29) is 34.7 Å². The predicted molar refractivity (Wildman–Crippen MR) is 141 cm³/mol. The van der Waals surface area contributed by atoms with Gasteiger partial charge in [-0.05, 0) is 43.0 Å². The molecular weight excluding hydrogens is 475 g/mol. The number of aromatic hydroxyl groups is 1. The van der Waals surface area contributed by atoms with Crippen molar-refractivity contribution < 1.29 is 14.3 Å². The van der Waals surface area contributed by atoms with Gasteiger partial charge in [-0.2, -0.15) is 10.2 Å². The summed E-state index contributed by atoms with van der Waals surface area (Å²) in [5.41, 5.74) is 2.13. The van der Waals surface area contributed by atoms with Crippen LogP contribution in [0.5, 0.6) is 5.75 Å². The summed E-state index contributed by atoms with van der Waals surface area (Å²) >= 11 is 0. The van der Waals surface area contributed by atoms with Crippen molar-refractivity contribution in [2.24, 2.45) is 0 Å². The summed E-state index contributed by atoms with van der Waals surface area (Å²) in [6.45, 7) is 10.3. The quantitative estimate of drug-likeness (QED) is 0.267. The van der Waals surface area contributed by atoms with Crippen molar-refractivity contribution in [1.82, 2.24) is 14.9 Å². The van der Waals surface area contributed by atoms with Crippen LogP contribution in [0.15, 0.2) is 55.3 Å². The number of phenolic OH excluding ortho intramolecular Hbond substituents is 1. The number of amides is 1. The van der Waals surface area contributed by atoms with Crippen LogP contribution in [0.2, 0.25) is 0 Å². The van der Waals surface area contributed by atoms with E-state index in [1.807, 2.05) is 24.3 Å². The zero-order chi connectivity index (χ0) is 26.4. The summed E-state index contributed by atoms with van der Waals surface area (Å²) in [4.78, 5) is 25.3. The summed E-state index contributed by atoms with van der Waals surface area (Å²) in [5.74, 6) is -1.10. The topological polar surface area (TPSA) is 129 Å². The third-order valence-corrected chi connectivity index (χ3v) is 5.99. The number of rotatable bonds is 8. The third kappa shape index (κ3) is 6.12. The fourth-order valence-electron chi connectivity index (χ4n) is 3.92. The molecule has 10 nitrogen and oxygen atoms in total. The summed E-state index contributed by atoms with van der Waals surface area (Å²) < 4.78 is 14.2. The van der Waals surface area contributed by atoms with Crippen molar-refractivity contribution in [3.63, 3.8) is 0 Å². The number of carbonyl (C=O) groups excluding carboxylic acids is 1. The maximum absolute atomic E-state index is 14.2. The van der Waals surface area contributed by atoms with Gasteiger partial charge in [0.25, 0.3) is 0 Å². The molecule has 0 bridgehead atoms. The van der Waals surface area contributed by atoms with Gasteiger partial charge >= 0.3 is 0 Å². The number of phenols is 1. The number of hydrogen-bond acceptors (Lipinski definition) is 9. The molecule has 11 heteroatoms. The van der Waals surface area contributed by atoms with E-state index in [0.29, 0.717) is 11.4 Å². The van der Waals surface area contributed by atoms with Crippen LogP contribution in [-0.2, 0) is 4.79 Å². The highest BCUT2D eigenvalue weighted by molar-refractivity contribution is 6.02. The first kappa shape index (κ1) is 25.4. The Bertz CT molecular complexity index is 1350. The minimum Gasteiger partial charge on any atom is -0.508 e. The maximum Gasteiger partial charge on any atom is 0.247 e. The van der Waals surface area contributed by atoms with E-state index in [0.717, 1.165) is 44.5 Å². The molecule has 1 aliphatic heterocycles. The number of halogens is 1. The van der Waals surface area contributed by atoms with Gasteiger partial charge in [0, 0.05) is 37.9 Å². The van der Waals surface area contributed by atoms with E-state index in [9.17, 15) is 19.6 Å². The molecule has 0 saturated carbocycles. The van der Waals surface area contributed by atoms with Crippen LogP contribution < -0.4 is 20.9 Å². The van der Waals surface area contributed by atoms with Gasteiger partial charge < -0.3 is 30.9 Å². The Morgan fingerprint density at radius 1 is 1.16 bits per heavy atom. The Labute approximate surface area is 214 Å². The number of nitrogens with one attached hydrogen (secondary N) is 3. The molecule has 0 atom stereocenters. The molecule has 1 saturated heterocycles. The summed E-state index contributed by atoms with van der Waals surface area (Å²) in [6.07, 6.45) is 2.49. The molecule has 2 heterocycles. The van der Waals surface area contributed by atoms with Crippen LogP contribution in [0.25, 0.3) is 0 Å². The number of carbonyl (C=O) groups is 1. The molecule has 190 valence electrons. The van der Waals surface area contributed by atoms with E-state index in [4.69, 9.17) is 0 Å². The van der Waals surface area contributed by atoms with Crippen molar-refractivity contribution in [3.05, 3.63) is 66.6 Å². The van der Waals surface area contributed by atoms with Crippen LogP contribution >= 0.6 is 0 Å². The monoisotopic (exact) mass is 502 g/mol. The maximum atomic E-state index is 14.2. The second-order valence-electron chi connectivity index (χ2n) is 8.33. The highest BCUT2D eigenvalue weighted by Crippen LogP contribution is 2.31. The molecule has 0 radical (unpaired) electrons. The largest absolute Gasteiger partial charge is 0.508 e. The van der Waals surface area contributed by atoms with Crippen LogP contribution in [0.3, 0.4) is 0 Å². The smallest absolute Gasteiger partial charge is 0.247 e. The Hall–Kier alpha value is -4.69. The molecule has 1 aliphatic rings. The van der Waals surface area contributed by atoms with Crippen molar-refractivity contribution in [2.75, 3.05) is 53.6 Å². The number of nitrogens with zero attached hydrogens (tertiary/aromatic N) is 5. The summed E-state index contributed by atoms with van der Waals surface area (Å²) in [6, 6.07) is 11.2. The minimum absolute atomic E-state index is 0.0328. The van der Waals surface area contributed by atoms with Gasteiger partial charge in [-0.25, -0.2) is 9.37 Å². The standard InChI is InChI=1S/C26H27FN8O2/c1-3-24(37)30-23-13-18(35-11-9-34(4-2)10-12-35)5-7-22(23)32-26-29-16-17(15-28)25(33-26)31-21-8-6-19(36)14-20(21)27/h3,5-8,13-14,16,36H,1,4,9-12H2,2H3,(H,30,37)(H2,29,31,32,33). The number of piperazine rings is 1. The van der Waals surface area contributed by atoms with Crippen LogP contribution in [0.4, 0.5) is 38.9 Å². The molecule has 0 unspecified atom stereocenters. The highest BCUT2D eigenvalue weighted by atomic mass is 19.1. The number of likely N-dealkylation sites (N-methyl/N-ethyl adjacent to an activating group) is 1. The molecule has 4 rings (SSSR count). The van der Waals surface area contributed by atoms with Crippen molar-refractivity contribution in [1.29, 1.82) is 5.26 Å². The predicted octanol–water partition coefficient (Wildman–Crippen LogP) is 3.95. The molecule has 1 fully saturated rings. The first-order valence-electron chi connectivity index (χ1n) is 11.7. The van der Waals surface area contributed by atoms with E-state index in [2.05, 4.69) is 49.2 Å². The lowest BCUT2D eigenvalue weighted by atomic mass is 10.2. The Balaban J connectivity index is 1.61. The molecular formula is C26H27FN8O2. The minimum atomic E-state index is -0.707. The van der Waals surface area contributed by atoms with Crippen molar-refractivity contribution in [2.45, 2.75) is 6.92 Å². The molecule has 0 aliphatic carbocycles. The number of benzene rings is 2. The Morgan fingerprint density at radius 3 is 2.59 bits per heavy atom. The lowest BCUT2D eigenvalue weighted by Gasteiger charge is -2.35. The van der Waals surface area contributed by atoms with E-state index in [1.165, 1.54) is 24.4 Å². The van der Waals surface area contributed by atoms with E-state index >= 15 is 0 Å². The number of aromatic nitrogens is 2. The average molecular weight is 503 g/mol. The van der Waals surface area contributed by atoms with E-state index in [1.54, 1.807) is 0 Å². The molecule has 2 aromatic carbocycles. The number of hydrogen-bond donors (Lipinski definition) is 4. The number of nitriles is 1. The molecule has 4 N–H and O–H groups in total. The fraction of sp³-hybridized carbons (Fsp3) is 0.231. The van der Waals surface area contributed by atoms with Gasteiger partial charge in [0.2, 0.25) is 11.9 Å². The fourth-order valence-corrected chi connectivity index (χ4v) is 3.92. The van der Waals surface area contributed by atoms with Gasteiger partial charge in [0.05, 0.1) is 23.3 Å². The van der Waals surface area contributed by atoms with Gasteiger partial charge in [0.1, 0.15) is 23.2 Å². The van der Waals surface area contributed by atoms with Gasteiger partial charge in [-0.1, -0.05) is 13.5 Å². The zero-order valence-corrected chi connectivity index (χ0v) is 20.3. The molecule has 1 aromatic heterocycles. The summed E-state index contributed by atoms with van der Waals surface area (Å²) in [5, 5.41) is 27.6. The molecule has 37 heavy (non-hydrogen) atoms. The molecule has 3 aromatic rings. The first-order valence-corrected chi connectivity index (χ1v) is 11.7. The van der Waals surface area contributed by atoms with E-state index < -0.39 is 5.82 Å². The lowest BCUT2D eigenvalue weighted by Crippen LogP contribution is -2.46. The van der Waals surface area contributed by atoms with Crippen molar-refractivity contribution >= 4 is 40.4 Å². The second-order valence-corrected chi connectivity index (χ2v) is 8.33. The van der Waals surface area contributed by atoms with Crippen LogP contribution in [-0.4, -0.2) is 58.6 Å². The summed E-state index contributed by atoms with van der Waals surface area (Å²) in [7, 11) is 0. The van der Waals surface area contributed by atoms with Gasteiger partial charge in [0.15, 0.2) is 5.82 Å². The normalized spacial score (nSPS) is 13.5. The Kier molecular flexibility index (Phi) is 7.80. The molecule has 1 amide bonds. The third-order valence-electron chi connectivity index (χ3n) is 5.99. The lowest BCUT2D eigenvalue weighted by molar-refractivity contribution is -0.111. The average Bonchev–Trinajstić information content (AvgIpc) is 2.91. The van der Waals surface area contributed by atoms with Gasteiger partial charge in [-0.15, -0.1) is 0 Å². The first-order chi connectivity index (χ1) is 17.9. The van der Waals surface area contributed by atoms with Crippen LogP contribution in [0, 0.1) is 17.1 Å².